The number of nitrogens with one attached hydrogen (secondary N) is 2. The van der Waals surface area contributed by atoms with Gasteiger partial charge in [0.05, 0.1) is 16.4 Å². The highest BCUT2D eigenvalue weighted by Gasteiger charge is 2.15. The van der Waals surface area contributed by atoms with E-state index in [2.05, 4.69) is 21.4 Å². The van der Waals surface area contributed by atoms with Gasteiger partial charge in [0.25, 0.3) is 0 Å². The minimum atomic E-state index is -0.485. The van der Waals surface area contributed by atoms with Crippen molar-refractivity contribution in [3.8, 4) is 0 Å². The van der Waals surface area contributed by atoms with Crippen LogP contribution in [0.3, 0.4) is 0 Å². The molecule has 0 saturated heterocycles. The fourth-order valence-electron chi connectivity index (χ4n) is 2.79. The average molecular weight is 356 g/mol. The van der Waals surface area contributed by atoms with Gasteiger partial charge in [-0.1, -0.05) is 24.8 Å². The van der Waals surface area contributed by atoms with Crippen molar-refractivity contribution < 1.29 is 9.53 Å². The van der Waals surface area contributed by atoms with Crippen LogP contribution in [0, 0.1) is 12.3 Å². The molecule has 0 spiro atoms. The van der Waals surface area contributed by atoms with Gasteiger partial charge < -0.3 is 20.0 Å². The third kappa shape index (κ3) is 5.18. The van der Waals surface area contributed by atoms with E-state index in [9.17, 15) is 4.79 Å². The molecule has 6 nitrogen and oxygen atoms in total. The number of amides is 1. The molecule has 1 heterocycles. The molecule has 0 aliphatic heterocycles. The number of allylic oxidation sites excluding steroid dienone is 4. The molecule has 6 heteroatoms. The quantitative estimate of drug-likeness (QED) is 0.794. The lowest BCUT2D eigenvalue weighted by atomic mass is 10.1. The molecule has 2 N–H and O–H groups in total. The fourth-order valence-corrected chi connectivity index (χ4v) is 2.79. The van der Waals surface area contributed by atoms with Crippen molar-refractivity contribution in [2.75, 3.05) is 6.54 Å². The van der Waals surface area contributed by atoms with Crippen LogP contribution in [0.1, 0.15) is 39.4 Å². The number of hydrogen-bond donors (Lipinski definition) is 2. The summed E-state index contributed by atoms with van der Waals surface area (Å²) >= 11 is 0. The minimum Gasteiger partial charge on any atom is -0.444 e. The summed E-state index contributed by atoms with van der Waals surface area (Å²) in [6.07, 6.45) is 8.78. The molecule has 0 bridgehead atoms. The van der Waals surface area contributed by atoms with Gasteiger partial charge in [-0.3, -0.25) is 0 Å². The van der Waals surface area contributed by atoms with Crippen molar-refractivity contribution in [2.45, 2.75) is 52.7 Å². The number of hydrogen-bond acceptors (Lipinski definition) is 4. The summed E-state index contributed by atoms with van der Waals surface area (Å²) in [6.45, 7) is 12.8. The second-order valence-corrected chi connectivity index (χ2v) is 7.29. The Bertz CT molecular complexity index is 854. The SMILES string of the molecule is C=c1nc(C)n(CCCCNC(=O)OC(C)(C)C)/c1=C1\C=CC=CC1=N. The lowest BCUT2D eigenvalue weighted by Gasteiger charge is -2.19. The molecule has 1 aliphatic rings. The Morgan fingerprint density at radius 2 is 2.00 bits per heavy atom. The summed E-state index contributed by atoms with van der Waals surface area (Å²) in [7, 11) is 0. The second kappa shape index (κ2) is 8.17. The first-order valence-electron chi connectivity index (χ1n) is 8.86. The van der Waals surface area contributed by atoms with Gasteiger partial charge in [0.2, 0.25) is 0 Å². The summed E-state index contributed by atoms with van der Waals surface area (Å²) in [5.74, 6) is 0.883. The number of ether oxygens (including phenoxy) is 1. The second-order valence-electron chi connectivity index (χ2n) is 7.29. The van der Waals surface area contributed by atoms with Crippen LogP contribution in [0.2, 0.25) is 0 Å². The van der Waals surface area contributed by atoms with Crippen molar-refractivity contribution in [1.82, 2.24) is 14.9 Å². The van der Waals surface area contributed by atoms with E-state index in [-0.39, 0.29) is 6.09 Å². The molecular formula is C20H28N4O2. The number of carbonyl (C=O) groups is 1. The molecule has 0 aromatic carbocycles. The van der Waals surface area contributed by atoms with Crippen LogP contribution in [-0.2, 0) is 11.3 Å². The maximum absolute atomic E-state index is 11.6. The average Bonchev–Trinajstić information content (AvgIpc) is 2.80. The first-order chi connectivity index (χ1) is 12.2. The highest BCUT2D eigenvalue weighted by molar-refractivity contribution is 6.26. The van der Waals surface area contributed by atoms with Crippen LogP contribution in [0.4, 0.5) is 4.79 Å². The van der Waals surface area contributed by atoms with Crippen LogP contribution in [-0.4, -0.2) is 33.5 Å². The molecular weight excluding hydrogens is 328 g/mol. The monoisotopic (exact) mass is 356 g/mol. The summed E-state index contributed by atoms with van der Waals surface area (Å²) in [6, 6.07) is 0. The number of carbonyl (C=O) groups excluding carboxylic acids is 1. The van der Waals surface area contributed by atoms with E-state index in [0.29, 0.717) is 17.6 Å². The zero-order chi connectivity index (χ0) is 19.3. The van der Waals surface area contributed by atoms with Crippen LogP contribution in [0.25, 0.3) is 12.2 Å². The van der Waals surface area contributed by atoms with Gasteiger partial charge in [-0.05, 0) is 46.6 Å². The zero-order valence-electron chi connectivity index (χ0n) is 16.1. The smallest absolute Gasteiger partial charge is 0.407 e. The molecule has 1 aromatic rings. The van der Waals surface area contributed by atoms with Crippen molar-refractivity contribution in [3.05, 3.63) is 40.8 Å². The lowest BCUT2D eigenvalue weighted by molar-refractivity contribution is 0.0527. The van der Waals surface area contributed by atoms with E-state index in [1.165, 1.54) is 0 Å². The molecule has 2 rings (SSSR count). The van der Waals surface area contributed by atoms with E-state index >= 15 is 0 Å². The molecule has 0 atom stereocenters. The number of aromatic nitrogens is 2. The Morgan fingerprint density at radius 1 is 1.31 bits per heavy atom. The van der Waals surface area contributed by atoms with Gasteiger partial charge in [0.15, 0.2) is 0 Å². The van der Waals surface area contributed by atoms with Gasteiger partial charge >= 0.3 is 6.09 Å². The van der Waals surface area contributed by atoms with Gasteiger partial charge in [0.1, 0.15) is 11.4 Å². The van der Waals surface area contributed by atoms with Crippen molar-refractivity contribution in [3.63, 3.8) is 0 Å². The molecule has 0 fully saturated rings. The minimum absolute atomic E-state index is 0.389. The van der Waals surface area contributed by atoms with Gasteiger partial charge in [-0.15, -0.1) is 0 Å². The maximum atomic E-state index is 11.6. The van der Waals surface area contributed by atoms with Gasteiger partial charge in [0, 0.05) is 18.7 Å². The topological polar surface area (TPSA) is 80.0 Å². The summed E-state index contributed by atoms with van der Waals surface area (Å²) in [4.78, 5) is 16.1. The van der Waals surface area contributed by atoms with E-state index in [4.69, 9.17) is 10.1 Å². The van der Waals surface area contributed by atoms with Crippen LogP contribution >= 0.6 is 0 Å². The molecule has 0 unspecified atom stereocenters. The predicted octanol–water partition coefficient (Wildman–Crippen LogP) is 2.20. The highest BCUT2D eigenvalue weighted by Crippen LogP contribution is 2.07. The Kier molecular flexibility index (Phi) is 6.18. The number of rotatable bonds is 5. The van der Waals surface area contributed by atoms with Crippen LogP contribution in [0.15, 0.2) is 24.3 Å². The highest BCUT2D eigenvalue weighted by atomic mass is 16.6. The summed E-state index contributed by atoms with van der Waals surface area (Å²) in [5, 5.41) is 12.5. The Hall–Kier alpha value is -2.63. The van der Waals surface area contributed by atoms with Crippen molar-refractivity contribution in [2.24, 2.45) is 0 Å². The molecule has 140 valence electrons. The standard InChI is InChI=1S/C20H28N4O2/c1-14-18(16-10-6-7-11-17(16)21)24(15(2)23-14)13-9-8-12-22-19(25)26-20(3,4)5/h6-7,10-11,21H,1,8-9,12-13H2,2-5H3,(H,22,25)/b18-16+,21-17?. The molecule has 26 heavy (non-hydrogen) atoms. The van der Waals surface area contributed by atoms with Gasteiger partial charge in [-0.25, -0.2) is 9.78 Å². The first-order valence-corrected chi connectivity index (χ1v) is 8.86. The van der Waals surface area contributed by atoms with Crippen LogP contribution in [0.5, 0.6) is 0 Å². The molecule has 1 aliphatic carbocycles. The van der Waals surface area contributed by atoms with E-state index in [1.807, 2.05) is 45.9 Å². The largest absolute Gasteiger partial charge is 0.444 e. The summed E-state index contributed by atoms with van der Waals surface area (Å²) < 4.78 is 7.32. The van der Waals surface area contributed by atoms with E-state index in [0.717, 1.165) is 36.1 Å². The normalized spacial score (nSPS) is 16.1. The Morgan fingerprint density at radius 3 is 2.65 bits per heavy atom. The predicted molar refractivity (Wildman–Crippen MR) is 105 cm³/mol. The third-order valence-corrected chi connectivity index (χ3v) is 3.89. The van der Waals surface area contributed by atoms with E-state index in [1.54, 1.807) is 6.08 Å². The summed E-state index contributed by atoms with van der Waals surface area (Å²) in [5.41, 5.74) is 0.816. The molecule has 0 saturated carbocycles. The van der Waals surface area contributed by atoms with E-state index < -0.39 is 5.60 Å². The lowest BCUT2D eigenvalue weighted by Crippen LogP contribution is -2.34. The van der Waals surface area contributed by atoms with Crippen molar-refractivity contribution in [1.29, 1.82) is 5.41 Å². The third-order valence-electron chi connectivity index (χ3n) is 3.89. The number of alkyl carbamates (subject to hydrolysis) is 1. The number of unbranched alkanes of at least 4 members (excludes halogenated alkanes) is 1. The van der Waals surface area contributed by atoms with Crippen LogP contribution < -0.4 is 16.0 Å². The first kappa shape index (κ1) is 19.7. The molecule has 1 amide bonds. The van der Waals surface area contributed by atoms with Crippen molar-refractivity contribution >= 4 is 24.0 Å². The number of nitrogens with zero attached hydrogens (tertiary/aromatic N) is 2. The maximum Gasteiger partial charge on any atom is 0.407 e. The van der Waals surface area contributed by atoms with Gasteiger partial charge in [-0.2, -0.15) is 0 Å². The Labute approximate surface area is 154 Å². The fraction of sp³-hybridized carbons (Fsp3) is 0.450. The molecule has 0 radical (unpaired) electrons. The number of aryl methyl sites for hydroxylation is 1. The Balaban J connectivity index is 2.00. The molecule has 1 aromatic heterocycles. The zero-order valence-corrected chi connectivity index (χ0v) is 16.1. The number of imidazole rings is 1.